The van der Waals surface area contributed by atoms with E-state index in [1.54, 1.807) is 26.4 Å². The van der Waals surface area contributed by atoms with Crippen molar-refractivity contribution < 1.29 is 28.2 Å². The highest BCUT2D eigenvalue weighted by Crippen LogP contribution is 2.44. The van der Waals surface area contributed by atoms with Crippen LogP contribution in [0.1, 0.15) is 41.8 Å². The topological polar surface area (TPSA) is 79.5 Å². The molecule has 34 heavy (non-hydrogen) atoms. The molecule has 0 N–H and O–H groups in total. The predicted molar refractivity (Wildman–Crippen MR) is 127 cm³/mol. The molecule has 3 aliphatic rings. The monoisotopic (exact) mass is 461 g/mol. The summed E-state index contributed by atoms with van der Waals surface area (Å²) in [4.78, 5) is 16.7. The molecule has 1 fully saturated rings. The van der Waals surface area contributed by atoms with Crippen molar-refractivity contribution in [1.29, 1.82) is 0 Å². The van der Waals surface area contributed by atoms with Crippen molar-refractivity contribution in [1.82, 2.24) is 0 Å². The number of ether oxygens (including phenoxy) is 4. The average Bonchev–Trinajstić information content (AvgIpc) is 3.50. The number of hydrogen-bond acceptors (Lipinski definition) is 7. The van der Waals surface area contributed by atoms with Crippen molar-refractivity contribution in [3.05, 3.63) is 76.4 Å². The number of carbonyl (C=O) groups is 1. The molecule has 1 aromatic heterocycles. The summed E-state index contributed by atoms with van der Waals surface area (Å²) in [5.41, 5.74) is 5.74. The van der Waals surface area contributed by atoms with E-state index in [9.17, 15) is 4.79 Å². The van der Waals surface area contributed by atoms with Gasteiger partial charge in [0.2, 0.25) is 5.76 Å². The van der Waals surface area contributed by atoms with Crippen LogP contribution in [-0.2, 0) is 11.2 Å². The lowest BCUT2D eigenvalue weighted by Gasteiger charge is -2.24. The first-order valence-electron chi connectivity index (χ1n) is 11.4. The van der Waals surface area contributed by atoms with Gasteiger partial charge in [-0.15, -0.1) is 0 Å². The number of allylic oxidation sites excluding steroid dienone is 4. The third kappa shape index (κ3) is 4.02. The minimum Gasteiger partial charge on any atom is -0.493 e. The fraction of sp³-hybridized carbons (Fsp3) is 0.333. The van der Waals surface area contributed by atoms with E-state index in [-0.39, 0.29) is 17.6 Å². The highest BCUT2D eigenvalue weighted by molar-refractivity contribution is 6.06. The predicted octanol–water partition coefficient (Wildman–Crippen LogP) is 5.43. The van der Waals surface area contributed by atoms with Crippen LogP contribution in [0, 0.1) is 5.92 Å². The first-order chi connectivity index (χ1) is 16.6. The molecule has 2 aromatic rings. The summed E-state index contributed by atoms with van der Waals surface area (Å²) in [6, 6.07) is 9.20. The molecule has 1 saturated carbocycles. The summed E-state index contributed by atoms with van der Waals surface area (Å²) < 4.78 is 27.2. The molecule has 1 aromatic carbocycles. The number of methoxy groups -OCH3 is 3. The number of benzene rings is 1. The average molecular weight is 462 g/mol. The number of nitrogens with zero attached hydrogens (tertiary/aromatic N) is 1. The highest BCUT2D eigenvalue weighted by Gasteiger charge is 2.34. The van der Waals surface area contributed by atoms with Crippen LogP contribution in [0.2, 0.25) is 0 Å². The van der Waals surface area contributed by atoms with E-state index in [1.165, 1.54) is 18.3 Å². The number of rotatable bonds is 7. The smallest absolute Gasteiger partial charge is 0.374 e. The molecule has 5 rings (SSSR count). The van der Waals surface area contributed by atoms with Gasteiger partial charge in [-0.05, 0) is 73.1 Å². The maximum absolute atomic E-state index is 11.7. The second-order valence-corrected chi connectivity index (χ2v) is 8.44. The summed E-state index contributed by atoms with van der Waals surface area (Å²) in [5.74, 6) is 2.00. The zero-order valence-electron chi connectivity index (χ0n) is 19.6. The Bertz CT molecular complexity index is 1250. The maximum Gasteiger partial charge on any atom is 0.374 e. The largest absolute Gasteiger partial charge is 0.493 e. The molecule has 1 atom stereocenters. The first-order valence-corrected chi connectivity index (χ1v) is 11.4. The van der Waals surface area contributed by atoms with Crippen molar-refractivity contribution in [2.24, 2.45) is 10.9 Å². The molecule has 1 unspecified atom stereocenters. The zero-order valence-corrected chi connectivity index (χ0v) is 19.6. The van der Waals surface area contributed by atoms with Gasteiger partial charge in [0, 0.05) is 17.7 Å². The summed E-state index contributed by atoms with van der Waals surface area (Å²) in [6.07, 6.45) is 9.23. The molecular formula is C27H27NO6. The molecule has 2 aliphatic carbocycles. The Balaban J connectivity index is 1.46. The molecule has 0 amide bonds. The van der Waals surface area contributed by atoms with Crippen LogP contribution in [0.25, 0.3) is 0 Å². The van der Waals surface area contributed by atoms with Crippen LogP contribution < -0.4 is 14.2 Å². The molecule has 1 aliphatic heterocycles. The van der Waals surface area contributed by atoms with Crippen LogP contribution >= 0.6 is 0 Å². The van der Waals surface area contributed by atoms with E-state index in [0.717, 1.165) is 54.8 Å². The van der Waals surface area contributed by atoms with Gasteiger partial charge in [0.05, 0.1) is 21.3 Å². The molecular weight excluding hydrogens is 434 g/mol. The number of carbonyl (C=O) groups excluding carboxylic acids is 1. The van der Waals surface area contributed by atoms with Gasteiger partial charge in [0.15, 0.2) is 17.3 Å². The van der Waals surface area contributed by atoms with Gasteiger partial charge < -0.3 is 23.4 Å². The lowest BCUT2D eigenvalue weighted by atomic mass is 9.80. The van der Waals surface area contributed by atoms with Gasteiger partial charge in [-0.1, -0.05) is 12.1 Å². The van der Waals surface area contributed by atoms with Crippen molar-refractivity contribution in [2.75, 3.05) is 21.3 Å². The Labute approximate surface area is 198 Å². The second kappa shape index (κ2) is 9.25. The zero-order chi connectivity index (χ0) is 23.7. The van der Waals surface area contributed by atoms with E-state index in [2.05, 4.69) is 12.1 Å². The van der Waals surface area contributed by atoms with Gasteiger partial charge in [-0.2, -0.15) is 0 Å². The van der Waals surface area contributed by atoms with Crippen LogP contribution in [-0.4, -0.2) is 33.0 Å². The number of esters is 1. The van der Waals surface area contributed by atoms with Gasteiger partial charge in [0.1, 0.15) is 5.70 Å². The lowest BCUT2D eigenvalue weighted by Crippen LogP contribution is -2.15. The fourth-order valence-corrected chi connectivity index (χ4v) is 4.81. The molecule has 0 bridgehead atoms. The first kappa shape index (κ1) is 22.1. The van der Waals surface area contributed by atoms with Crippen molar-refractivity contribution in [3.8, 4) is 17.4 Å². The lowest BCUT2D eigenvalue weighted by molar-refractivity contribution is 0.0559. The summed E-state index contributed by atoms with van der Waals surface area (Å²) in [6.45, 7) is 0. The van der Waals surface area contributed by atoms with Crippen LogP contribution in [0.15, 0.2) is 74.5 Å². The summed E-state index contributed by atoms with van der Waals surface area (Å²) >= 11 is 0. The number of aliphatic imine (C=N–C) groups is 1. The van der Waals surface area contributed by atoms with Crippen LogP contribution in [0.5, 0.6) is 17.4 Å². The quantitative estimate of drug-likeness (QED) is 0.512. The third-order valence-corrected chi connectivity index (χ3v) is 6.43. The van der Waals surface area contributed by atoms with Gasteiger partial charge >= 0.3 is 5.97 Å². The SMILES string of the molecule is COC(=O)c1ccc(OC2=C3N=C4CCCCC4=C3C(Cc3ccc(OC)c(OC)c3)C=C2)o1. The molecule has 7 heteroatoms. The van der Waals surface area contributed by atoms with Crippen molar-refractivity contribution >= 4 is 11.7 Å². The molecule has 0 radical (unpaired) electrons. The maximum atomic E-state index is 11.7. The van der Waals surface area contributed by atoms with Crippen LogP contribution in [0.4, 0.5) is 0 Å². The fourth-order valence-electron chi connectivity index (χ4n) is 4.81. The Hall–Kier alpha value is -3.74. The second-order valence-electron chi connectivity index (χ2n) is 8.44. The Morgan fingerprint density at radius 1 is 1.06 bits per heavy atom. The normalized spacial score (nSPS) is 18.9. The van der Waals surface area contributed by atoms with E-state index >= 15 is 0 Å². The Morgan fingerprint density at radius 2 is 1.88 bits per heavy atom. The van der Waals surface area contributed by atoms with E-state index in [0.29, 0.717) is 11.5 Å². The molecule has 0 spiro atoms. The van der Waals surface area contributed by atoms with Gasteiger partial charge in [0.25, 0.3) is 5.95 Å². The Morgan fingerprint density at radius 3 is 2.68 bits per heavy atom. The van der Waals surface area contributed by atoms with E-state index < -0.39 is 5.97 Å². The van der Waals surface area contributed by atoms with E-state index in [1.807, 2.05) is 18.2 Å². The minimum absolute atomic E-state index is 0.0965. The van der Waals surface area contributed by atoms with Gasteiger partial charge in [-0.3, -0.25) is 0 Å². The third-order valence-electron chi connectivity index (χ3n) is 6.43. The molecule has 0 saturated heterocycles. The number of hydrogen-bond donors (Lipinski definition) is 0. The highest BCUT2D eigenvalue weighted by atomic mass is 16.6. The summed E-state index contributed by atoms with van der Waals surface area (Å²) in [7, 11) is 4.60. The molecule has 176 valence electrons. The number of fused-ring (bicyclic) bond motifs is 2. The number of furan rings is 1. The standard InChI is InChI=1S/C27H27NO6/c1-30-20-10-8-16(15-23(20)31-2)14-17-9-11-21(33-24-13-12-22(34-24)27(29)32-3)26-25(17)18-6-4-5-7-19(18)28-26/h8-13,15,17H,4-7,14H2,1-3H3. The molecule has 7 nitrogen and oxygen atoms in total. The van der Waals surface area contributed by atoms with E-state index in [4.69, 9.17) is 28.4 Å². The summed E-state index contributed by atoms with van der Waals surface area (Å²) in [5, 5.41) is 0. The van der Waals surface area contributed by atoms with Crippen molar-refractivity contribution in [3.63, 3.8) is 0 Å². The van der Waals surface area contributed by atoms with Gasteiger partial charge in [-0.25, -0.2) is 9.79 Å². The Kier molecular flexibility index (Phi) is 6.01. The molecule has 2 heterocycles. The van der Waals surface area contributed by atoms with Crippen LogP contribution in [0.3, 0.4) is 0 Å². The minimum atomic E-state index is -0.545. The van der Waals surface area contributed by atoms with Crippen molar-refractivity contribution in [2.45, 2.75) is 32.1 Å².